The summed E-state index contributed by atoms with van der Waals surface area (Å²) in [5.41, 5.74) is 0.176. The Morgan fingerprint density at radius 2 is 1.85 bits per heavy atom. The van der Waals surface area contributed by atoms with E-state index in [1.807, 2.05) is 5.32 Å². The topological polar surface area (TPSA) is 92.4 Å². The van der Waals surface area contributed by atoms with Crippen molar-refractivity contribution >= 4 is 17.6 Å². The molecule has 0 aliphatic heterocycles. The van der Waals surface area contributed by atoms with E-state index in [4.69, 9.17) is 4.74 Å². The van der Waals surface area contributed by atoms with Crippen molar-refractivity contribution in [2.45, 2.75) is 6.54 Å². The number of carbonyl (C=O) groups is 2. The van der Waals surface area contributed by atoms with Gasteiger partial charge in [0.25, 0.3) is 0 Å². The van der Waals surface area contributed by atoms with Crippen LogP contribution in [0.5, 0.6) is 5.88 Å². The van der Waals surface area contributed by atoms with Crippen molar-refractivity contribution in [3.63, 3.8) is 0 Å². The molecule has 0 saturated carbocycles. The molecule has 0 saturated heterocycles. The van der Waals surface area contributed by atoms with E-state index in [0.717, 1.165) is 6.07 Å². The second-order valence-electron chi connectivity index (χ2n) is 5.02. The number of pyridine rings is 1. The number of methoxy groups -OCH3 is 1. The maximum atomic E-state index is 13.4. The first-order valence-corrected chi connectivity index (χ1v) is 7.34. The number of hydrogen-bond acceptors (Lipinski definition) is 4. The fourth-order valence-corrected chi connectivity index (χ4v) is 1.86. The van der Waals surface area contributed by atoms with E-state index < -0.39 is 41.6 Å². The number of nitrogens with zero attached hydrogens (tertiary/aromatic N) is 1. The second kappa shape index (κ2) is 8.70. The molecule has 0 bridgehead atoms. The molecule has 10 heteroatoms. The van der Waals surface area contributed by atoms with Crippen LogP contribution < -0.4 is 20.7 Å². The molecule has 1 aromatic carbocycles. The zero-order chi connectivity index (χ0) is 19.1. The smallest absolute Gasteiger partial charge is 0.315 e. The summed E-state index contributed by atoms with van der Waals surface area (Å²) >= 11 is 0. The van der Waals surface area contributed by atoms with Gasteiger partial charge in [-0.1, -0.05) is 6.07 Å². The number of benzene rings is 1. The van der Waals surface area contributed by atoms with E-state index in [1.165, 1.54) is 13.3 Å². The number of amides is 3. The van der Waals surface area contributed by atoms with Gasteiger partial charge in [-0.3, -0.25) is 4.79 Å². The molecule has 7 nitrogen and oxygen atoms in total. The minimum Gasteiger partial charge on any atom is -0.481 e. The number of carbonyl (C=O) groups excluding carboxylic acids is 2. The Morgan fingerprint density at radius 3 is 2.50 bits per heavy atom. The fourth-order valence-electron chi connectivity index (χ4n) is 1.86. The van der Waals surface area contributed by atoms with Gasteiger partial charge in [-0.05, 0) is 17.7 Å². The number of nitrogens with one attached hydrogen (secondary N) is 3. The molecule has 0 spiro atoms. The highest BCUT2D eigenvalue weighted by Crippen LogP contribution is 2.19. The molecule has 0 atom stereocenters. The molecule has 0 radical (unpaired) electrons. The summed E-state index contributed by atoms with van der Waals surface area (Å²) in [6, 6.07) is 4.23. The van der Waals surface area contributed by atoms with Crippen LogP contribution in [0.3, 0.4) is 0 Å². The van der Waals surface area contributed by atoms with Crippen molar-refractivity contribution in [1.82, 2.24) is 15.6 Å². The number of hydrogen-bond donors (Lipinski definition) is 3. The lowest BCUT2D eigenvalue weighted by atomic mass is 10.2. The summed E-state index contributed by atoms with van der Waals surface area (Å²) < 4.78 is 44.2. The highest BCUT2D eigenvalue weighted by Gasteiger charge is 2.15. The summed E-state index contributed by atoms with van der Waals surface area (Å²) in [4.78, 5) is 27.2. The minimum atomic E-state index is -1.69. The van der Waals surface area contributed by atoms with Gasteiger partial charge in [0.05, 0.1) is 19.3 Å². The Balaban J connectivity index is 1.77. The molecule has 0 unspecified atom stereocenters. The van der Waals surface area contributed by atoms with Gasteiger partial charge in [-0.15, -0.1) is 0 Å². The Labute approximate surface area is 146 Å². The zero-order valence-corrected chi connectivity index (χ0v) is 13.6. The molecule has 1 aromatic heterocycles. The first kappa shape index (κ1) is 19.0. The lowest BCUT2D eigenvalue weighted by molar-refractivity contribution is -0.115. The molecule has 138 valence electrons. The van der Waals surface area contributed by atoms with Gasteiger partial charge in [0.1, 0.15) is 0 Å². The third-order valence-electron chi connectivity index (χ3n) is 3.18. The van der Waals surface area contributed by atoms with Crippen LogP contribution in [0.1, 0.15) is 5.56 Å². The predicted octanol–water partition coefficient (Wildman–Crippen LogP) is 1.95. The van der Waals surface area contributed by atoms with Crippen molar-refractivity contribution in [3.05, 3.63) is 53.5 Å². The van der Waals surface area contributed by atoms with E-state index in [9.17, 15) is 22.8 Å². The highest BCUT2D eigenvalue weighted by molar-refractivity contribution is 5.94. The van der Waals surface area contributed by atoms with Crippen molar-refractivity contribution < 1.29 is 27.5 Å². The van der Waals surface area contributed by atoms with Crippen LogP contribution in [0.4, 0.5) is 23.7 Å². The normalized spacial score (nSPS) is 10.2. The highest BCUT2D eigenvalue weighted by atomic mass is 19.2. The third-order valence-corrected chi connectivity index (χ3v) is 3.18. The largest absolute Gasteiger partial charge is 0.481 e. The molecule has 2 rings (SSSR count). The van der Waals surface area contributed by atoms with Crippen molar-refractivity contribution in [2.75, 3.05) is 19.0 Å². The van der Waals surface area contributed by atoms with E-state index >= 15 is 0 Å². The average molecular weight is 368 g/mol. The monoisotopic (exact) mass is 368 g/mol. The molecule has 1 heterocycles. The molecular weight excluding hydrogens is 353 g/mol. The second-order valence-corrected chi connectivity index (χ2v) is 5.02. The number of rotatable bonds is 6. The summed E-state index contributed by atoms with van der Waals surface area (Å²) in [5.74, 6) is -4.96. The van der Waals surface area contributed by atoms with E-state index in [1.54, 1.807) is 12.1 Å². The molecule has 0 aliphatic rings. The lowest BCUT2D eigenvalue weighted by Crippen LogP contribution is -2.39. The standard InChI is InChI=1S/C16H15F3N4O3/c1-26-13-5-2-9(6-20-13)7-21-16(25)22-8-12(24)23-11-4-3-10(17)14(18)15(11)19/h2-6H,7-8H2,1H3,(H,23,24)(H2,21,22,25). The van der Waals surface area contributed by atoms with Crippen molar-refractivity contribution in [2.24, 2.45) is 0 Å². The molecule has 0 aliphatic carbocycles. The molecule has 3 amide bonds. The van der Waals surface area contributed by atoms with Gasteiger partial charge in [0.15, 0.2) is 17.5 Å². The molecule has 2 aromatic rings. The quantitative estimate of drug-likeness (QED) is 0.680. The van der Waals surface area contributed by atoms with Crippen LogP contribution in [0.2, 0.25) is 0 Å². The number of urea groups is 1. The molecule has 26 heavy (non-hydrogen) atoms. The van der Waals surface area contributed by atoms with E-state index in [0.29, 0.717) is 17.5 Å². The molecular formula is C16H15F3N4O3. The number of halogens is 3. The average Bonchev–Trinajstić information content (AvgIpc) is 2.65. The summed E-state index contributed by atoms with van der Waals surface area (Å²) in [7, 11) is 1.48. The lowest BCUT2D eigenvalue weighted by Gasteiger charge is -2.09. The van der Waals surface area contributed by atoms with Crippen LogP contribution in [0.15, 0.2) is 30.5 Å². The van der Waals surface area contributed by atoms with Crippen LogP contribution >= 0.6 is 0 Å². The Kier molecular flexibility index (Phi) is 6.36. The number of aromatic nitrogens is 1. The Bertz CT molecular complexity index is 800. The maximum Gasteiger partial charge on any atom is 0.315 e. The Morgan fingerprint density at radius 1 is 1.08 bits per heavy atom. The zero-order valence-electron chi connectivity index (χ0n) is 13.6. The number of anilines is 1. The summed E-state index contributed by atoms with van der Waals surface area (Å²) in [5, 5.41) is 6.77. The molecule has 0 fully saturated rings. The van der Waals surface area contributed by atoms with Gasteiger partial charge < -0.3 is 20.7 Å². The first-order chi connectivity index (χ1) is 12.4. The third kappa shape index (κ3) is 5.10. The maximum absolute atomic E-state index is 13.4. The van der Waals surface area contributed by atoms with Crippen LogP contribution in [0, 0.1) is 17.5 Å². The summed E-state index contributed by atoms with van der Waals surface area (Å²) in [6.07, 6.45) is 1.51. The van der Waals surface area contributed by atoms with Crippen LogP contribution in [-0.4, -0.2) is 30.6 Å². The summed E-state index contributed by atoms with van der Waals surface area (Å²) in [6.45, 7) is -0.340. The predicted molar refractivity (Wildman–Crippen MR) is 86.0 cm³/mol. The van der Waals surface area contributed by atoms with Crippen molar-refractivity contribution in [1.29, 1.82) is 0 Å². The van der Waals surface area contributed by atoms with Gasteiger partial charge in [-0.25, -0.2) is 22.9 Å². The Hall–Kier alpha value is -3.30. The molecule has 3 N–H and O–H groups in total. The first-order valence-electron chi connectivity index (χ1n) is 7.34. The van der Waals surface area contributed by atoms with Gasteiger partial charge >= 0.3 is 6.03 Å². The van der Waals surface area contributed by atoms with Gasteiger partial charge in [0.2, 0.25) is 11.8 Å². The number of ether oxygens (including phenoxy) is 1. The van der Waals surface area contributed by atoms with E-state index in [-0.39, 0.29) is 6.54 Å². The van der Waals surface area contributed by atoms with Crippen LogP contribution in [0.25, 0.3) is 0 Å². The van der Waals surface area contributed by atoms with Gasteiger partial charge in [-0.2, -0.15) is 0 Å². The SMILES string of the molecule is COc1ccc(CNC(=O)NCC(=O)Nc2ccc(F)c(F)c2F)cn1. The van der Waals surface area contributed by atoms with Gasteiger partial charge in [0, 0.05) is 18.8 Å². The van der Waals surface area contributed by atoms with Crippen LogP contribution in [-0.2, 0) is 11.3 Å². The van der Waals surface area contributed by atoms with E-state index in [2.05, 4.69) is 15.6 Å². The minimum absolute atomic E-state index is 0.155. The fraction of sp³-hybridized carbons (Fsp3) is 0.188. The van der Waals surface area contributed by atoms with Crippen molar-refractivity contribution in [3.8, 4) is 5.88 Å².